The van der Waals surface area contributed by atoms with E-state index in [9.17, 15) is 4.79 Å². The van der Waals surface area contributed by atoms with Crippen molar-refractivity contribution >= 4 is 29.0 Å². The number of anilines is 1. The van der Waals surface area contributed by atoms with Gasteiger partial charge in [-0.1, -0.05) is 11.6 Å². The Bertz CT molecular complexity index is 458. The van der Waals surface area contributed by atoms with E-state index in [0.717, 1.165) is 5.71 Å². The molecule has 90 valence electrons. The molecule has 1 unspecified atom stereocenters. The summed E-state index contributed by atoms with van der Waals surface area (Å²) in [6.07, 6.45) is 0.589. The number of nitrogens with two attached hydrogens (primary N) is 1. The van der Waals surface area contributed by atoms with E-state index in [2.05, 4.69) is 15.3 Å². The molecule has 1 atom stereocenters. The van der Waals surface area contributed by atoms with Crippen molar-refractivity contribution in [2.45, 2.75) is 13.3 Å². The highest BCUT2D eigenvalue weighted by Crippen LogP contribution is 2.23. The molecule has 0 bridgehead atoms. The Balaban J connectivity index is 2.24. The zero-order valence-electron chi connectivity index (χ0n) is 9.30. The van der Waals surface area contributed by atoms with Gasteiger partial charge in [0.2, 0.25) is 0 Å². The molecule has 0 spiro atoms. The minimum Gasteiger partial charge on any atom is -0.330 e. The lowest BCUT2D eigenvalue weighted by atomic mass is 10.0. The van der Waals surface area contributed by atoms with Gasteiger partial charge in [-0.25, -0.2) is 0 Å². The van der Waals surface area contributed by atoms with Crippen molar-refractivity contribution in [1.29, 1.82) is 0 Å². The molecule has 1 aliphatic rings. The highest BCUT2D eigenvalue weighted by atomic mass is 35.5. The van der Waals surface area contributed by atoms with Gasteiger partial charge in [-0.2, -0.15) is 10.1 Å². The molecule has 2 heterocycles. The maximum atomic E-state index is 12.0. The predicted molar refractivity (Wildman–Crippen MR) is 64.8 cm³/mol. The molecule has 0 aliphatic carbocycles. The monoisotopic (exact) mass is 253 g/mol. The summed E-state index contributed by atoms with van der Waals surface area (Å²) < 4.78 is 0. The van der Waals surface area contributed by atoms with Gasteiger partial charge in [-0.05, 0) is 32.0 Å². The Labute approximate surface area is 103 Å². The Morgan fingerprint density at radius 2 is 2.24 bits per heavy atom. The van der Waals surface area contributed by atoms with Crippen LogP contribution >= 0.6 is 11.6 Å². The van der Waals surface area contributed by atoms with Gasteiger partial charge in [0.05, 0.1) is 5.92 Å². The van der Waals surface area contributed by atoms with Gasteiger partial charge < -0.3 is 5.73 Å². The molecular weight excluding hydrogens is 242 g/mol. The minimum atomic E-state index is -0.252. The lowest BCUT2D eigenvalue weighted by molar-refractivity contribution is -0.119. The third-order valence-electron chi connectivity index (χ3n) is 2.56. The largest absolute Gasteiger partial charge is 0.330 e. The molecule has 1 amide bonds. The molecular formula is C10H12ClN5O. The summed E-state index contributed by atoms with van der Waals surface area (Å²) in [7, 11) is 0. The molecule has 7 heteroatoms. The molecule has 0 fully saturated rings. The van der Waals surface area contributed by atoms with Crippen molar-refractivity contribution in [2.75, 3.05) is 11.6 Å². The number of aromatic nitrogens is 2. The standard InChI is InChI=1S/C10H12ClN5O/c1-6-7(4-5-12)10(17)16(15-6)9-3-2-8(11)13-14-9/h2-3,7H,4-5,12H2,1H3. The van der Waals surface area contributed by atoms with Crippen LogP contribution in [-0.4, -0.2) is 28.4 Å². The van der Waals surface area contributed by atoms with Crippen LogP contribution in [0.5, 0.6) is 0 Å². The Morgan fingerprint density at radius 1 is 1.47 bits per heavy atom. The van der Waals surface area contributed by atoms with Crippen LogP contribution in [0.1, 0.15) is 13.3 Å². The second-order valence-corrected chi connectivity index (χ2v) is 4.12. The van der Waals surface area contributed by atoms with E-state index in [-0.39, 0.29) is 17.0 Å². The van der Waals surface area contributed by atoms with E-state index in [1.807, 2.05) is 6.92 Å². The molecule has 6 nitrogen and oxygen atoms in total. The van der Waals surface area contributed by atoms with E-state index in [0.29, 0.717) is 18.8 Å². The zero-order chi connectivity index (χ0) is 12.4. The first kappa shape index (κ1) is 11.9. The van der Waals surface area contributed by atoms with Gasteiger partial charge in [-0.15, -0.1) is 10.2 Å². The molecule has 1 aromatic heterocycles. The Hall–Kier alpha value is -1.53. The van der Waals surface area contributed by atoms with Crippen LogP contribution < -0.4 is 10.7 Å². The summed E-state index contributed by atoms with van der Waals surface area (Å²) in [5.41, 5.74) is 6.21. The number of hydrazone groups is 1. The van der Waals surface area contributed by atoms with Crippen LogP contribution in [0.3, 0.4) is 0 Å². The van der Waals surface area contributed by atoms with Crippen LogP contribution in [0, 0.1) is 5.92 Å². The van der Waals surface area contributed by atoms with Crippen molar-refractivity contribution in [3.05, 3.63) is 17.3 Å². The highest BCUT2D eigenvalue weighted by Gasteiger charge is 2.34. The first-order valence-corrected chi connectivity index (χ1v) is 5.59. The van der Waals surface area contributed by atoms with Crippen molar-refractivity contribution in [2.24, 2.45) is 16.8 Å². The summed E-state index contributed by atoms with van der Waals surface area (Å²) in [5, 5.41) is 13.2. The Kier molecular flexibility index (Phi) is 3.35. The van der Waals surface area contributed by atoms with Crippen molar-refractivity contribution in [3.63, 3.8) is 0 Å². The lowest BCUT2D eigenvalue weighted by Crippen LogP contribution is -2.29. The number of rotatable bonds is 3. The van der Waals surface area contributed by atoms with Gasteiger partial charge in [0, 0.05) is 5.71 Å². The molecule has 2 rings (SSSR count). The molecule has 0 aromatic carbocycles. The van der Waals surface area contributed by atoms with Crippen molar-refractivity contribution in [3.8, 4) is 0 Å². The second-order valence-electron chi connectivity index (χ2n) is 3.74. The molecule has 0 radical (unpaired) electrons. The maximum absolute atomic E-state index is 12.0. The predicted octanol–water partition coefficient (Wildman–Crippen LogP) is 0.817. The van der Waals surface area contributed by atoms with Crippen LogP contribution in [0.25, 0.3) is 0 Å². The molecule has 1 aromatic rings. The molecule has 0 saturated heterocycles. The maximum Gasteiger partial charge on any atom is 0.257 e. The topological polar surface area (TPSA) is 84.5 Å². The average molecular weight is 254 g/mol. The zero-order valence-corrected chi connectivity index (χ0v) is 10.1. The Morgan fingerprint density at radius 3 is 2.82 bits per heavy atom. The summed E-state index contributed by atoms with van der Waals surface area (Å²) in [4.78, 5) is 12.0. The molecule has 2 N–H and O–H groups in total. The number of amides is 1. The van der Waals surface area contributed by atoms with Crippen LogP contribution in [-0.2, 0) is 4.79 Å². The number of carbonyl (C=O) groups is 1. The smallest absolute Gasteiger partial charge is 0.257 e. The first-order chi connectivity index (χ1) is 8.13. The van der Waals surface area contributed by atoms with Crippen LogP contribution in [0.4, 0.5) is 5.82 Å². The normalized spacial score (nSPS) is 19.7. The van der Waals surface area contributed by atoms with Gasteiger partial charge in [0.15, 0.2) is 11.0 Å². The SMILES string of the molecule is CC1=NN(c2ccc(Cl)nn2)C(=O)C1CCN. The van der Waals surface area contributed by atoms with Gasteiger partial charge in [-0.3, -0.25) is 4.79 Å². The van der Waals surface area contributed by atoms with E-state index >= 15 is 0 Å². The quantitative estimate of drug-likeness (QED) is 0.864. The number of halogens is 1. The van der Waals surface area contributed by atoms with Crippen molar-refractivity contribution < 1.29 is 4.79 Å². The van der Waals surface area contributed by atoms with Gasteiger partial charge in [0.1, 0.15) is 0 Å². The third kappa shape index (κ3) is 2.27. The number of nitrogens with zero attached hydrogens (tertiary/aromatic N) is 4. The second kappa shape index (κ2) is 4.77. The van der Waals surface area contributed by atoms with E-state index < -0.39 is 0 Å². The van der Waals surface area contributed by atoms with Crippen molar-refractivity contribution in [1.82, 2.24) is 10.2 Å². The van der Waals surface area contributed by atoms with E-state index in [4.69, 9.17) is 17.3 Å². The molecule has 0 saturated carbocycles. The summed E-state index contributed by atoms with van der Waals surface area (Å²) in [5.74, 6) is 0.000298. The molecule has 17 heavy (non-hydrogen) atoms. The summed E-state index contributed by atoms with van der Waals surface area (Å²) in [6, 6.07) is 3.17. The summed E-state index contributed by atoms with van der Waals surface area (Å²) >= 11 is 5.63. The fourth-order valence-electron chi connectivity index (χ4n) is 1.69. The molecule has 1 aliphatic heterocycles. The lowest BCUT2D eigenvalue weighted by Gasteiger charge is -2.11. The number of carbonyl (C=O) groups excluding carboxylic acids is 1. The van der Waals surface area contributed by atoms with E-state index in [1.165, 1.54) is 5.01 Å². The first-order valence-electron chi connectivity index (χ1n) is 5.22. The summed E-state index contributed by atoms with van der Waals surface area (Å²) in [6.45, 7) is 2.25. The third-order valence-corrected chi connectivity index (χ3v) is 2.76. The number of hydrogen-bond donors (Lipinski definition) is 1. The fourth-order valence-corrected chi connectivity index (χ4v) is 1.79. The number of hydrogen-bond acceptors (Lipinski definition) is 5. The van der Waals surface area contributed by atoms with E-state index in [1.54, 1.807) is 12.1 Å². The van der Waals surface area contributed by atoms with Crippen LogP contribution in [0.15, 0.2) is 17.2 Å². The minimum absolute atomic E-state index is 0.121. The fraction of sp³-hybridized carbons (Fsp3) is 0.400. The average Bonchev–Trinajstić information content (AvgIpc) is 2.59. The van der Waals surface area contributed by atoms with Gasteiger partial charge >= 0.3 is 0 Å². The highest BCUT2D eigenvalue weighted by molar-refractivity contribution is 6.29. The van der Waals surface area contributed by atoms with Gasteiger partial charge in [0.25, 0.3) is 5.91 Å². The van der Waals surface area contributed by atoms with Crippen LogP contribution in [0.2, 0.25) is 5.15 Å².